The summed E-state index contributed by atoms with van der Waals surface area (Å²) >= 11 is 0. The lowest BCUT2D eigenvalue weighted by Gasteiger charge is -2.05. The smallest absolute Gasteiger partial charge is 0.230 e. The van der Waals surface area contributed by atoms with E-state index in [2.05, 4.69) is 21.0 Å². The van der Waals surface area contributed by atoms with E-state index in [1.54, 1.807) is 43.9 Å². The lowest BCUT2D eigenvalue weighted by molar-refractivity contribution is 0.358. The molecule has 0 radical (unpaired) electrons. The van der Waals surface area contributed by atoms with Gasteiger partial charge in [0.25, 0.3) is 0 Å². The third-order valence-electron chi connectivity index (χ3n) is 3.60. The van der Waals surface area contributed by atoms with E-state index in [0.717, 1.165) is 5.57 Å². The number of nitrogens with zero attached hydrogens (tertiary/aromatic N) is 4. The van der Waals surface area contributed by atoms with Gasteiger partial charge in [0.05, 0.1) is 11.1 Å². The highest BCUT2D eigenvalue weighted by Crippen LogP contribution is 2.28. The van der Waals surface area contributed by atoms with E-state index in [1.165, 1.54) is 0 Å². The quantitative estimate of drug-likeness (QED) is 0.664. The number of nitriles is 1. The molecule has 0 N–H and O–H groups in total. The van der Waals surface area contributed by atoms with Crippen LogP contribution in [0.1, 0.15) is 12.5 Å². The van der Waals surface area contributed by atoms with Gasteiger partial charge in [-0.15, -0.1) is 0 Å². The number of aliphatic imine (C=N–C) groups is 1. The van der Waals surface area contributed by atoms with Crippen molar-refractivity contribution in [3.63, 3.8) is 0 Å². The van der Waals surface area contributed by atoms with Gasteiger partial charge >= 0.3 is 0 Å². The maximum absolute atomic E-state index is 9.20. The topological polar surface area (TPSA) is 84.3 Å². The molecular weight excluding hydrogens is 316 g/mol. The maximum Gasteiger partial charge on any atom is 0.230 e. The van der Waals surface area contributed by atoms with E-state index < -0.39 is 0 Å². The Morgan fingerprint density at radius 1 is 1.40 bits per heavy atom. The fourth-order valence-electron chi connectivity index (χ4n) is 2.30. The first-order valence-corrected chi connectivity index (χ1v) is 7.70. The number of oxazole rings is 1. The molecule has 3 aromatic rings. The summed E-state index contributed by atoms with van der Waals surface area (Å²) in [7, 11) is 1.72. The molecule has 6 heteroatoms. The molecule has 0 aliphatic rings. The molecular formula is C19H16N4O2. The van der Waals surface area contributed by atoms with Gasteiger partial charge in [-0.2, -0.15) is 5.26 Å². The highest BCUT2D eigenvalue weighted by Gasteiger charge is 2.13. The minimum absolute atomic E-state index is 0.365. The molecule has 3 rings (SSSR count). The van der Waals surface area contributed by atoms with Crippen LogP contribution in [0.15, 0.2) is 57.7 Å². The number of hydrogen-bond donors (Lipinski definition) is 0. The summed E-state index contributed by atoms with van der Waals surface area (Å²) in [6.45, 7) is 2.36. The van der Waals surface area contributed by atoms with E-state index in [9.17, 15) is 5.26 Å². The second kappa shape index (κ2) is 7.41. The van der Waals surface area contributed by atoms with Gasteiger partial charge in [0.2, 0.25) is 5.89 Å². The Labute approximate surface area is 145 Å². The van der Waals surface area contributed by atoms with Crippen LogP contribution in [0.3, 0.4) is 0 Å². The first-order chi connectivity index (χ1) is 12.2. The van der Waals surface area contributed by atoms with Crippen LogP contribution in [0.2, 0.25) is 0 Å². The average molecular weight is 332 g/mol. The van der Waals surface area contributed by atoms with Crippen LogP contribution >= 0.6 is 0 Å². The van der Waals surface area contributed by atoms with Crippen LogP contribution in [0.5, 0.6) is 5.75 Å². The first kappa shape index (κ1) is 16.4. The summed E-state index contributed by atoms with van der Waals surface area (Å²) in [6.07, 6.45) is 6.85. The minimum atomic E-state index is 0.365. The molecule has 2 aromatic heterocycles. The van der Waals surface area contributed by atoms with Gasteiger partial charge in [0.15, 0.2) is 5.58 Å². The monoisotopic (exact) mass is 332 g/mol. The van der Waals surface area contributed by atoms with Gasteiger partial charge in [-0.05, 0) is 25.1 Å². The number of rotatable bonds is 5. The molecule has 25 heavy (non-hydrogen) atoms. The predicted octanol–water partition coefficient (Wildman–Crippen LogP) is 3.79. The molecule has 0 fully saturated rings. The molecule has 0 aliphatic heterocycles. The Morgan fingerprint density at radius 2 is 2.28 bits per heavy atom. The van der Waals surface area contributed by atoms with Crippen molar-refractivity contribution in [2.45, 2.75) is 6.92 Å². The zero-order chi connectivity index (χ0) is 17.6. The Bertz CT molecular complexity index is 996. The molecule has 2 heterocycles. The molecule has 0 aliphatic carbocycles. The molecule has 0 unspecified atom stereocenters. The van der Waals surface area contributed by atoms with Crippen molar-refractivity contribution in [2.75, 3.05) is 13.7 Å². The highest BCUT2D eigenvalue weighted by atomic mass is 16.5. The van der Waals surface area contributed by atoms with Gasteiger partial charge in [-0.1, -0.05) is 6.08 Å². The molecule has 0 atom stereocenters. The predicted molar refractivity (Wildman–Crippen MR) is 95.6 cm³/mol. The second-order valence-corrected chi connectivity index (χ2v) is 5.22. The van der Waals surface area contributed by atoms with E-state index in [-0.39, 0.29) is 0 Å². The third kappa shape index (κ3) is 3.56. The molecule has 1 aromatic carbocycles. The average Bonchev–Trinajstić information content (AvgIpc) is 3.08. The molecule has 124 valence electrons. The normalized spacial score (nSPS) is 11.8. The summed E-state index contributed by atoms with van der Waals surface area (Å²) in [6, 6.07) is 9.18. The molecule has 6 nitrogen and oxygen atoms in total. The summed E-state index contributed by atoms with van der Waals surface area (Å²) in [4.78, 5) is 12.5. The number of aromatic nitrogens is 2. The van der Waals surface area contributed by atoms with Crippen LogP contribution in [-0.2, 0) is 0 Å². The summed E-state index contributed by atoms with van der Waals surface area (Å²) in [5.41, 5.74) is 3.30. The standard InChI is InChI=1S/C19H16N4O2/c1-3-13(10-21-2)12-24-15-4-5-18-17(8-15)23-19(25-18)16-11-22-7-6-14(16)9-20/h3-8,10-11H,12H2,1-2H3/b13-3+,21-10?. The first-order valence-electron chi connectivity index (χ1n) is 7.70. The van der Waals surface area contributed by atoms with E-state index in [1.807, 2.05) is 19.1 Å². The van der Waals surface area contributed by atoms with Crippen molar-refractivity contribution >= 4 is 17.3 Å². The zero-order valence-electron chi connectivity index (χ0n) is 13.9. The minimum Gasteiger partial charge on any atom is -0.489 e. The lowest BCUT2D eigenvalue weighted by atomic mass is 10.1. The Hall–Kier alpha value is -3.46. The van der Waals surface area contributed by atoms with Crippen LogP contribution in [0.4, 0.5) is 0 Å². The molecule has 0 saturated heterocycles. The number of ether oxygens (including phenoxy) is 1. The summed E-state index contributed by atoms with van der Waals surface area (Å²) in [5.74, 6) is 1.05. The van der Waals surface area contributed by atoms with Gasteiger partial charge in [0, 0.05) is 37.3 Å². The highest BCUT2D eigenvalue weighted by molar-refractivity contribution is 5.79. The van der Waals surface area contributed by atoms with E-state index in [0.29, 0.717) is 40.5 Å². The zero-order valence-corrected chi connectivity index (χ0v) is 13.9. The number of hydrogen-bond acceptors (Lipinski definition) is 6. The van der Waals surface area contributed by atoms with Gasteiger partial charge in [-0.25, -0.2) is 4.98 Å². The van der Waals surface area contributed by atoms with Crippen LogP contribution in [0.25, 0.3) is 22.6 Å². The van der Waals surface area contributed by atoms with Crippen LogP contribution in [-0.4, -0.2) is 29.8 Å². The summed E-state index contributed by atoms with van der Waals surface area (Å²) in [5, 5.41) is 9.20. The number of pyridine rings is 1. The Kier molecular flexibility index (Phi) is 4.86. The van der Waals surface area contributed by atoms with Crippen molar-refractivity contribution in [2.24, 2.45) is 4.99 Å². The SMILES string of the molecule is C/C=C(\C=NC)COc1ccc2oc(-c3cnccc3C#N)nc2c1. The molecule has 0 amide bonds. The Morgan fingerprint density at radius 3 is 3.04 bits per heavy atom. The number of allylic oxidation sites excluding steroid dienone is 1. The van der Waals surface area contributed by atoms with Crippen molar-refractivity contribution < 1.29 is 9.15 Å². The van der Waals surface area contributed by atoms with Gasteiger partial charge in [0.1, 0.15) is 23.9 Å². The molecule has 0 spiro atoms. The summed E-state index contributed by atoms with van der Waals surface area (Å²) < 4.78 is 11.5. The number of benzene rings is 1. The molecule has 0 saturated carbocycles. The molecule has 0 bridgehead atoms. The fraction of sp³-hybridized carbons (Fsp3) is 0.158. The van der Waals surface area contributed by atoms with Crippen LogP contribution < -0.4 is 4.74 Å². The fourth-order valence-corrected chi connectivity index (χ4v) is 2.30. The van der Waals surface area contributed by atoms with Gasteiger partial charge < -0.3 is 9.15 Å². The third-order valence-corrected chi connectivity index (χ3v) is 3.60. The van der Waals surface area contributed by atoms with Crippen molar-refractivity contribution in [1.82, 2.24) is 9.97 Å². The van der Waals surface area contributed by atoms with Crippen molar-refractivity contribution in [3.8, 4) is 23.3 Å². The number of fused-ring (bicyclic) bond motifs is 1. The van der Waals surface area contributed by atoms with E-state index >= 15 is 0 Å². The van der Waals surface area contributed by atoms with Crippen molar-refractivity contribution in [1.29, 1.82) is 5.26 Å². The Balaban J connectivity index is 1.88. The van der Waals surface area contributed by atoms with Crippen LogP contribution in [0, 0.1) is 11.3 Å². The largest absolute Gasteiger partial charge is 0.489 e. The maximum atomic E-state index is 9.20. The van der Waals surface area contributed by atoms with Gasteiger partial charge in [-0.3, -0.25) is 9.98 Å². The second-order valence-electron chi connectivity index (χ2n) is 5.22. The van der Waals surface area contributed by atoms with Crippen molar-refractivity contribution in [3.05, 3.63) is 53.9 Å². The van der Waals surface area contributed by atoms with E-state index in [4.69, 9.17) is 9.15 Å². The lowest BCUT2D eigenvalue weighted by Crippen LogP contribution is -2.02.